The summed E-state index contributed by atoms with van der Waals surface area (Å²) in [7, 11) is -2.99. The first-order chi connectivity index (χ1) is 12.8. The molecule has 5 nitrogen and oxygen atoms in total. The normalized spacial score (nSPS) is 21.5. The van der Waals surface area contributed by atoms with Gasteiger partial charge in [-0.3, -0.25) is 4.79 Å². The second kappa shape index (κ2) is 7.09. The SMILES string of the molecule is Cc1cc(SCC(=O)N(C2CC2)[C@@H]2CCS(=O)(=O)C2)nc2c(C)cccc12. The fourth-order valence-electron chi connectivity index (χ4n) is 3.87. The van der Waals surface area contributed by atoms with E-state index in [-0.39, 0.29) is 29.5 Å². The molecule has 2 aliphatic rings. The predicted molar refractivity (Wildman–Crippen MR) is 109 cm³/mol. The van der Waals surface area contributed by atoms with E-state index in [0.29, 0.717) is 12.2 Å². The fourth-order valence-corrected chi connectivity index (χ4v) is 6.42. The smallest absolute Gasteiger partial charge is 0.233 e. The molecule has 1 aliphatic carbocycles. The van der Waals surface area contributed by atoms with Crippen molar-refractivity contribution in [1.29, 1.82) is 0 Å². The molecule has 1 aromatic heterocycles. The number of rotatable bonds is 5. The summed E-state index contributed by atoms with van der Waals surface area (Å²) in [5.74, 6) is 0.656. The topological polar surface area (TPSA) is 67.3 Å². The van der Waals surface area contributed by atoms with Gasteiger partial charge in [-0.2, -0.15) is 0 Å². The molecular weight excluding hydrogens is 380 g/mol. The first kappa shape index (κ1) is 18.7. The van der Waals surface area contributed by atoms with Crippen molar-refractivity contribution in [2.75, 3.05) is 17.3 Å². The van der Waals surface area contributed by atoms with Crippen LogP contribution in [0.25, 0.3) is 10.9 Å². The maximum atomic E-state index is 12.9. The lowest BCUT2D eigenvalue weighted by atomic mass is 10.1. The second-order valence-electron chi connectivity index (χ2n) is 7.63. The molecule has 1 saturated carbocycles. The van der Waals surface area contributed by atoms with Crippen LogP contribution < -0.4 is 0 Å². The number of thioether (sulfide) groups is 1. The lowest BCUT2D eigenvalue weighted by Crippen LogP contribution is -2.43. The Bertz CT molecular complexity index is 1000. The average molecular weight is 405 g/mol. The summed E-state index contributed by atoms with van der Waals surface area (Å²) in [6.07, 6.45) is 2.54. The Hall–Kier alpha value is -1.60. The van der Waals surface area contributed by atoms with Crippen molar-refractivity contribution >= 4 is 38.4 Å². The number of nitrogens with zero attached hydrogens (tertiary/aromatic N) is 2. The van der Waals surface area contributed by atoms with E-state index in [1.165, 1.54) is 11.8 Å². The molecule has 0 unspecified atom stereocenters. The van der Waals surface area contributed by atoms with Gasteiger partial charge in [0.1, 0.15) is 0 Å². The van der Waals surface area contributed by atoms with Gasteiger partial charge in [0.25, 0.3) is 0 Å². The van der Waals surface area contributed by atoms with Crippen molar-refractivity contribution < 1.29 is 13.2 Å². The van der Waals surface area contributed by atoms with Crippen molar-refractivity contribution in [3.63, 3.8) is 0 Å². The first-order valence-electron chi connectivity index (χ1n) is 9.35. The number of sulfone groups is 1. The molecule has 1 atom stereocenters. The molecule has 1 aliphatic heterocycles. The van der Waals surface area contributed by atoms with E-state index in [2.05, 4.69) is 13.0 Å². The molecule has 4 rings (SSSR count). The van der Waals surface area contributed by atoms with Crippen LogP contribution in [0, 0.1) is 13.8 Å². The lowest BCUT2D eigenvalue weighted by molar-refractivity contribution is -0.130. The van der Waals surface area contributed by atoms with Crippen molar-refractivity contribution in [3.05, 3.63) is 35.4 Å². The van der Waals surface area contributed by atoms with Gasteiger partial charge < -0.3 is 4.90 Å². The van der Waals surface area contributed by atoms with Gasteiger partial charge in [0.15, 0.2) is 9.84 Å². The summed E-state index contributed by atoms with van der Waals surface area (Å²) in [6.45, 7) is 4.11. The van der Waals surface area contributed by atoms with Crippen LogP contribution in [0.5, 0.6) is 0 Å². The van der Waals surface area contributed by atoms with Crippen LogP contribution in [-0.4, -0.2) is 53.6 Å². The lowest BCUT2D eigenvalue weighted by Gasteiger charge is -2.28. The van der Waals surface area contributed by atoms with Gasteiger partial charge in [-0.15, -0.1) is 0 Å². The van der Waals surface area contributed by atoms with Gasteiger partial charge >= 0.3 is 0 Å². The highest BCUT2D eigenvalue weighted by atomic mass is 32.2. The minimum absolute atomic E-state index is 0.0360. The largest absolute Gasteiger partial charge is 0.335 e. The van der Waals surface area contributed by atoms with Gasteiger partial charge in [-0.25, -0.2) is 13.4 Å². The number of fused-ring (bicyclic) bond motifs is 1. The Balaban J connectivity index is 1.50. The second-order valence-corrected chi connectivity index (χ2v) is 10.9. The van der Waals surface area contributed by atoms with Crippen LogP contribution in [0.4, 0.5) is 0 Å². The average Bonchev–Trinajstić information content (AvgIpc) is 3.37. The zero-order valence-corrected chi connectivity index (χ0v) is 17.3. The summed E-state index contributed by atoms with van der Waals surface area (Å²) in [6, 6.07) is 8.25. The van der Waals surface area contributed by atoms with E-state index in [1.54, 1.807) is 0 Å². The van der Waals surface area contributed by atoms with Crippen molar-refractivity contribution in [2.24, 2.45) is 0 Å². The van der Waals surface area contributed by atoms with Gasteiger partial charge in [0.2, 0.25) is 5.91 Å². The highest BCUT2D eigenvalue weighted by molar-refractivity contribution is 7.99. The van der Waals surface area contributed by atoms with Crippen molar-refractivity contribution in [2.45, 2.75) is 50.2 Å². The highest BCUT2D eigenvalue weighted by Crippen LogP contribution is 2.33. The molecule has 1 aromatic carbocycles. The van der Waals surface area contributed by atoms with Crippen LogP contribution >= 0.6 is 11.8 Å². The molecule has 2 heterocycles. The minimum Gasteiger partial charge on any atom is -0.335 e. The monoisotopic (exact) mass is 404 g/mol. The quantitative estimate of drug-likeness (QED) is 0.716. The van der Waals surface area contributed by atoms with Crippen LogP contribution in [0.1, 0.15) is 30.4 Å². The third-order valence-corrected chi connectivity index (χ3v) is 8.04. The molecule has 0 bridgehead atoms. The van der Waals surface area contributed by atoms with E-state index in [9.17, 15) is 13.2 Å². The summed E-state index contributed by atoms with van der Waals surface area (Å²) in [5, 5.41) is 1.99. The Morgan fingerprint density at radius 2 is 1.96 bits per heavy atom. The number of pyridine rings is 1. The third kappa shape index (κ3) is 3.99. The molecule has 2 aromatic rings. The summed E-state index contributed by atoms with van der Waals surface area (Å²) >= 11 is 1.45. The zero-order chi connectivity index (χ0) is 19.2. The Kier molecular flexibility index (Phi) is 4.93. The number of aryl methyl sites for hydroxylation is 2. The van der Waals surface area contributed by atoms with E-state index in [4.69, 9.17) is 4.98 Å². The summed E-state index contributed by atoms with van der Waals surface area (Å²) in [4.78, 5) is 19.5. The Labute approximate surface area is 164 Å². The number of carbonyl (C=O) groups excluding carboxylic acids is 1. The van der Waals surface area contributed by atoms with Crippen LogP contribution in [0.15, 0.2) is 29.3 Å². The number of benzene rings is 1. The van der Waals surface area contributed by atoms with Gasteiger partial charge in [0.05, 0.1) is 27.8 Å². The zero-order valence-electron chi connectivity index (χ0n) is 15.6. The summed E-state index contributed by atoms with van der Waals surface area (Å²) < 4.78 is 23.7. The maximum absolute atomic E-state index is 12.9. The van der Waals surface area contributed by atoms with E-state index in [1.807, 2.05) is 30.0 Å². The summed E-state index contributed by atoms with van der Waals surface area (Å²) in [5.41, 5.74) is 3.26. The van der Waals surface area contributed by atoms with Crippen molar-refractivity contribution in [3.8, 4) is 0 Å². The van der Waals surface area contributed by atoms with Crippen LogP contribution in [0.3, 0.4) is 0 Å². The highest BCUT2D eigenvalue weighted by Gasteiger charge is 2.41. The van der Waals surface area contributed by atoms with Crippen molar-refractivity contribution in [1.82, 2.24) is 9.88 Å². The molecule has 144 valence electrons. The molecule has 0 radical (unpaired) electrons. The standard InChI is InChI=1S/C20H24N2O3S2/c1-13-4-3-5-17-14(2)10-18(21-20(13)17)26-11-19(23)22(15-6-7-15)16-8-9-27(24,25)12-16/h3-5,10,15-16H,6-9,11-12H2,1-2H3/t16-/m1/s1. The number of hydrogen-bond donors (Lipinski definition) is 0. The fraction of sp³-hybridized carbons (Fsp3) is 0.500. The minimum atomic E-state index is -2.99. The molecule has 27 heavy (non-hydrogen) atoms. The number of hydrogen-bond acceptors (Lipinski definition) is 5. The molecule has 1 amide bonds. The molecule has 0 spiro atoms. The van der Waals surface area contributed by atoms with E-state index >= 15 is 0 Å². The van der Waals surface area contributed by atoms with E-state index < -0.39 is 9.84 Å². The Morgan fingerprint density at radius 1 is 1.19 bits per heavy atom. The number of para-hydroxylation sites is 1. The number of aromatic nitrogens is 1. The number of carbonyl (C=O) groups is 1. The van der Waals surface area contributed by atoms with E-state index in [0.717, 1.165) is 39.9 Å². The van der Waals surface area contributed by atoms with Gasteiger partial charge in [0, 0.05) is 17.5 Å². The van der Waals surface area contributed by atoms with Crippen LogP contribution in [-0.2, 0) is 14.6 Å². The third-order valence-electron chi connectivity index (χ3n) is 5.40. The molecule has 2 fully saturated rings. The molecule has 0 N–H and O–H groups in total. The number of amides is 1. The molecular formula is C20H24N2O3S2. The molecule has 1 saturated heterocycles. The van der Waals surface area contributed by atoms with Gasteiger partial charge in [-0.05, 0) is 50.3 Å². The van der Waals surface area contributed by atoms with Crippen LogP contribution in [0.2, 0.25) is 0 Å². The molecule has 7 heteroatoms. The predicted octanol–water partition coefficient (Wildman–Crippen LogP) is 3.12. The van der Waals surface area contributed by atoms with Gasteiger partial charge in [-0.1, -0.05) is 30.0 Å². The maximum Gasteiger partial charge on any atom is 0.233 e. The Morgan fingerprint density at radius 3 is 2.63 bits per heavy atom. The first-order valence-corrected chi connectivity index (χ1v) is 12.2.